The smallest absolute Gasteiger partial charge is 0.156 e. The van der Waals surface area contributed by atoms with E-state index in [-0.39, 0.29) is 0 Å². The van der Waals surface area contributed by atoms with Crippen LogP contribution in [0.5, 0.6) is 0 Å². The summed E-state index contributed by atoms with van der Waals surface area (Å²) >= 11 is 1.85. The maximum absolute atomic E-state index is 5.88. The van der Waals surface area contributed by atoms with E-state index in [1.807, 2.05) is 11.8 Å². The maximum atomic E-state index is 5.88. The van der Waals surface area contributed by atoms with E-state index in [1.54, 1.807) is 0 Å². The van der Waals surface area contributed by atoms with Gasteiger partial charge >= 0.3 is 0 Å². The van der Waals surface area contributed by atoms with Gasteiger partial charge < -0.3 is 10.1 Å². The zero-order valence-electron chi connectivity index (χ0n) is 11.5. The van der Waals surface area contributed by atoms with Crippen molar-refractivity contribution < 1.29 is 4.74 Å². The number of rotatable bonds is 5. The fourth-order valence-corrected chi connectivity index (χ4v) is 3.61. The zero-order chi connectivity index (χ0) is 12.6. The van der Waals surface area contributed by atoms with Crippen LogP contribution in [0.15, 0.2) is 4.99 Å². The van der Waals surface area contributed by atoms with E-state index in [9.17, 15) is 0 Å². The molecular formula is C14H26N2OS. The Kier molecular flexibility index (Phi) is 6.35. The summed E-state index contributed by atoms with van der Waals surface area (Å²) in [4.78, 5) is 4.61. The predicted molar refractivity (Wildman–Crippen MR) is 79.4 cm³/mol. The standard InChI is InChI=1S/C14H26N2OS/c1-2-12-8-11-18-14(16-12)15-9-10-17-13-6-4-3-5-7-13/h12-13H,2-11H2,1H3,(H,15,16). The molecule has 1 saturated heterocycles. The van der Waals surface area contributed by atoms with Gasteiger partial charge in [-0.3, -0.25) is 4.99 Å². The Hall–Kier alpha value is -0.220. The van der Waals surface area contributed by atoms with E-state index >= 15 is 0 Å². The average Bonchev–Trinajstić information content (AvgIpc) is 2.45. The predicted octanol–water partition coefficient (Wildman–Crippen LogP) is 3.20. The first-order chi connectivity index (χ1) is 8.88. The van der Waals surface area contributed by atoms with E-state index in [2.05, 4.69) is 17.2 Å². The van der Waals surface area contributed by atoms with Crippen LogP contribution in [0.1, 0.15) is 51.9 Å². The van der Waals surface area contributed by atoms with Gasteiger partial charge in [0, 0.05) is 11.8 Å². The molecule has 1 atom stereocenters. The van der Waals surface area contributed by atoms with Crippen LogP contribution in [0.25, 0.3) is 0 Å². The van der Waals surface area contributed by atoms with Crippen LogP contribution in [0.2, 0.25) is 0 Å². The molecule has 1 heterocycles. The second kappa shape index (κ2) is 8.05. The lowest BCUT2D eigenvalue weighted by molar-refractivity contribution is 0.0335. The summed E-state index contributed by atoms with van der Waals surface area (Å²) in [5.41, 5.74) is 0. The van der Waals surface area contributed by atoms with Crippen molar-refractivity contribution in [2.45, 2.75) is 64.0 Å². The molecule has 104 valence electrons. The number of nitrogens with zero attached hydrogens (tertiary/aromatic N) is 1. The van der Waals surface area contributed by atoms with Gasteiger partial charge in [-0.1, -0.05) is 37.9 Å². The number of ether oxygens (including phenoxy) is 1. The highest BCUT2D eigenvalue weighted by molar-refractivity contribution is 8.13. The third-order valence-corrected chi connectivity index (χ3v) is 4.74. The summed E-state index contributed by atoms with van der Waals surface area (Å²) in [5.74, 6) is 1.20. The first-order valence-corrected chi connectivity index (χ1v) is 8.42. The molecule has 0 aromatic carbocycles. The van der Waals surface area contributed by atoms with Crippen molar-refractivity contribution in [3.63, 3.8) is 0 Å². The van der Waals surface area contributed by atoms with Crippen LogP contribution < -0.4 is 5.32 Å². The Morgan fingerprint density at radius 2 is 2.11 bits per heavy atom. The van der Waals surface area contributed by atoms with Crippen molar-refractivity contribution in [2.24, 2.45) is 4.99 Å². The van der Waals surface area contributed by atoms with Gasteiger partial charge in [0.2, 0.25) is 0 Å². The van der Waals surface area contributed by atoms with Gasteiger partial charge in [0.1, 0.15) is 0 Å². The summed E-state index contributed by atoms with van der Waals surface area (Å²) in [6.07, 6.45) is 9.54. The van der Waals surface area contributed by atoms with Crippen molar-refractivity contribution in [3.05, 3.63) is 0 Å². The second-order valence-corrected chi connectivity index (χ2v) is 6.29. The molecule has 0 radical (unpaired) electrons. The molecule has 0 amide bonds. The molecular weight excluding hydrogens is 244 g/mol. The highest BCUT2D eigenvalue weighted by Crippen LogP contribution is 2.20. The first-order valence-electron chi connectivity index (χ1n) is 7.44. The van der Waals surface area contributed by atoms with Crippen molar-refractivity contribution in [1.29, 1.82) is 0 Å². The fourth-order valence-electron chi connectivity index (χ4n) is 2.58. The van der Waals surface area contributed by atoms with Crippen LogP contribution in [-0.4, -0.2) is 36.2 Å². The van der Waals surface area contributed by atoms with E-state index < -0.39 is 0 Å². The van der Waals surface area contributed by atoms with E-state index in [0.717, 1.165) is 18.3 Å². The van der Waals surface area contributed by atoms with Gasteiger partial charge in [-0.25, -0.2) is 0 Å². The van der Waals surface area contributed by atoms with Crippen LogP contribution >= 0.6 is 11.8 Å². The van der Waals surface area contributed by atoms with Gasteiger partial charge in [0.25, 0.3) is 0 Å². The molecule has 4 heteroatoms. The van der Waals surface area contributed by atoms with Crippen molar-refractivity contribution >= 4 is 16.9 Å². The molecule has 2 rings (SSSR count). The third-order valence-electron chi connectivity index (χ3n) is 3.78. The van der Waals surface area contributed by atoms with Crippen molar-refractivity contribution in [2.75, 3.05) is 18.9 Å². The number of nitrogens with one attached hydrogen (secondary N) is 1. The molecule has 0 bridgehead atoms. The van der Waals surface area contributed by atoms with Crippen molar-refractivity contribution in [1.82, 2.24) is 5.32 Å². The van der Waals surface area contributed by atoms with E-state index in [1.165, 1.54) is 50.7 Å². The van der Waals surface area contributed by atoms with Crippen LogP contribution in [-0.2, 0) is 4.74 Å². The molecule has 1 unspecified atom stereocenters. The maximum Gasteiger partial charge on any atom is 0.156 e. The molecule has 0 aromatic rings. The minimum Gasteiger partial charge on any atom is -0.376 e. The molecule has 2 fully saturated rings. The number of aliphatic imine (C=N–C) groups is 1. The summed E-state index contributed by atoms with van der Waals surface area (Å²) in [5, 5.41) is 4.62. The van der Waals surface area contributed by atoms with Gasteiger partial charge in [0.15, 0.2) is 5.17 Å². The first kappa shape index (κ1) is 14.2. The minimum absolute atomic E-state index is 0.509. The van der Waals surface area contributed by atoms with Gasteiger partial charge in [-0.2, -0.15) is 0 Å². The number of amidine groups is 1. The molecule has 3 nitrogen and oxygen atoms in total. The van der Waals surface area contributed by atoms with Gasteiger partial charge in [-0.05, 0) is 25.7 Å². The second-order valence-electron chi connectivity index (χ2n) is 5.20. The Labute approximate surface area is 115 Å². The number of hydrogen-bond acceptors (Lipinski definition) is 3. The normalized spacial score (nSPS) is 28.3. The highest BCUT2D eigenvalue weighted by atomic mass is 32.2. The molecule has 0 spiro atoms. The monoisotopic (exact) mass is 270 g/mol. The van der Waals surface area contributed by atoms with E-state index in [4.69, 9.17) is 4.74 Å². The average molecular weight is 270 g/mol. The number of thioether (sulfide) groups is 1. The molecule has 1 aliphatic carbocycles. The van der Waals surface area contributed by atoms with Crippen LogP contribution in [0.4, 0.5) is 0 Å². The third kappa shape index (κ3) is 4.81. The molecule has 1 aliphatic heterocycles. The van der Waals surface area contributed by atoms with Crippen LogP contribution in [0, 0.1) is 0 Å². The summed E-state index contributed by atoms with van der Waals surface area (Å²) < 4.78 is 5.88. The topological polar surface area (TPSA) is 33.6 Å². The molecule has 1 saturated carbocycles. The SMILES string of the molecule is CCC1CCSC(=NCCOC2CCCCC2)N1. The Morgan fingerprint density at radius 3 is 2.89 bits per heavy atom. The molecule has 18 heavy (non-hydrogen) atoms. The van der Waals surface area contributed by atoms with E-state index in [0.29, 0.717) is 12.1 Å². The Morgan fingerprint density at radius 1 is 1.28 bits per heavy atom. The summed E-state index contributed by atoms with van der Waals surface area (Å²) in [6, 6.07) is 0.629. The van der Waals surface area contributed by atoms with Crippen LogP contribution in [0.3, 0.4) is 0 Å². The van der Waals surface area contributed by atoms with Gasteiger partial charge in [-0.15, -0.1) is 0 Å². The summed E-state index contributed by atoms with van der Waals surface area (Å²) in [7, 11) is 0. The van der Waals surface area contributed by atoms with Gasteiger partial charge in [0.05, 0.1) is 19.3 Å². The Bertz CT molecular complexity index is 265. The minimum atomic E-state index is 0.509. The largest absolute Gasteiger partial charge is 0.376 e. The number of hydrogen-bond donors (Lipinski definition) is 1. The highest BCUT2D eigenvalue weighted by Gasteiger charge is 2.16. The molecule has 2 aliphatic rings. The zero-order valence-corrected chi connectivity index (χ0v) is 12.3. The molecule has 1 N–H and O–H groups in total. The quantitative estimate of drug-likeness (QED) is 0.779. The summed E-state index contributed by atoms with van der Waals surface area (Å²) in [6.45, 7) is 3.83. The molecule has 0 aromatic heterocycles. The van der Waals surface area contributed by atoms with Crippen molar-refractivity contribution in [3.8, 4) is 0 Å². The fraction of sp³-hybridized carbons (Fsp3) is 0.929. The lowest BCUT2D eigenvalue weighted by Gasteiger charge is -2.24. The lowest BCUT2D eigenvalue weighted by atomic mass is 9.98. The Balaban J connectivity index is 1.61. The lowest BCUT2D eigenvalue weighted by Crippen LogP contribution is -2.37.